The molecule has 2 aromatic carbocycles. The Balaban J connectivity index is 1.18. The van der Waals surface area contributed by atoms with E-state index in [2.05, 4.69) is 20.5 Å². The topological polar surface area (TPSA) is 117 Å². The third kappa shape index (κ3) is 6.34. The highest BCUT2D eigenvalue weighted by atomic mass is 19.4. The number of rotatable bonds is 6. The zero-order valence-corrected chi connectivity index (χ0v) is 22.8. The molecule has 0 radical (unpaired) electrons. The van der Waals surface area contributed by atoms with Gasteiger partial charge in [0.2, 0.25) is 11.7 Å². The molecular weight excluding hydrogens is 555 g/mol. The average molecular weight is 586 g/mol. The zero-order valence-electron chi connectivity index (χ0n) is 22.8. The van der Waals surface area contributed by atoms with E-state index in [1.54, 1.807) is 47.4 Å². The summed E-state index contributed by atoms with van der Waals surface area (Å²) in [5, 5.41) is 5.44. The van der Waals surface area contributed by atoms with E-state index < -0.39 is 23.5 Å². The fourth-order valence-corrected chi connectivity index (χ4v) is 5.30. The third-order valence-corrected chi connectivity index (χ3v) is 7.51. The average Bonchev–Trinajstić information content (AvgIpc) is 3.66. The van der Waals surface area contributed by atoms with Gasteiger partial charge in [0.05, 0.1) is 13.0 Å². The molecule has 1 saturated carbocycles. The highest BCUT2D eigenvalue weighted by Crippen LogP contribution is 2.35. The monoisotopic (exact) mass is 585 g/mol. The SMILES string of the molecule is COC(=O)C1CCCC1NC(=O)N1CCN(c2ccc(NC(=O)c3nc(-c4ccccc4)oc3C(F)(F)F)cc2)CC1. The predicted molar refractivity (Wildman–Crippen MR) is 147 cm³/mol. The molecule has 3 aromatic rings. The number of ether oxygens (including phenoxy) is 1. The number of esters is 1. The lowest BCUT2D eigenvalue weighted by atomic mass is 10.0. The molecule has 222 valence electrons. The van der Waals surface area contributed by atoms with Crippen molar-refractivity contribution in [2.24, 2.45) is 5.92 Å². The molecule has 3 amide bonds. The van der Waals surface area contributed by atoms with E-state index in [-0.39, 0.29) is 35.5 Å². The summed E-state index contributed by atoms with van der Waals surface area (Å²) in [5.74, 6) is -3.44. The number of aromatic nitrogens is 1. The molecule has 5 rings (SSSR count). The molecule has 0 spiro atoms. The number of urea groups is 1. The molecule has 2 aliphatic rings. The number of piperazine rings is 1. The molecule has 1 saturated heterocycles. The van der Waals surface area contributed by atoms with Crippen LogP contribution in [-0.4, -0.2) is 67.1 Å². The quantitative estimate of drug-likeness (QED) is 0.400. The van der Waals surface area contributed by atoms with E-state index in [4.69, 9.17) is 9.15 Å². The number of benzene rings is 2. The van der Waals surface area contributed by atoms with E-state index in [0.717, 1.165) is 18.5 Å². The van der Waals surface area contributed by atoms with Gasteiger partial charge in [0.15, 0.2) is 5.69 Å². The number of nitrogens with one attached hydrogen (secondary N) is 2. The summed E-state index contributed by atoms with van der Waals surface area (Å²) in [6.07, 6.45) is -2.63. The minimum Gasteiger partial charge on any atom is -0.469 e. The van der Waals surface area contributed by atoms with Crippen LogP contribution in [-0.2, 0) is 15.7 Å². The molecule has 2 fully saturated rings. The largest absolute Gasteiger partial charge is 0.469 e. The molecule has 0 bridgehead atoms. The molecule has 2 heterocycles. The summed E-state index contributed by atoms with van der Waals surface area (Å²) < 4.78 is 50.6. The summed E-state index contributed by atoms with van der Waals surface area (Å²) in [6.45, 7) is 2.05. The second kappa shape index (κ2) is 12.1. The molecule has 1 aliphatic carbocycles. The summed E-state index contributed by atoms with van der Waals surface area (Å²) in [5.41, 5.74) is 0.581. The Kier molecular flexibility index (Phi) is 8.36. The van der Waals surface area contributed by atoms with Crippen LogP contribution in [0.1, 0.15) is 35.5 Å². The van der Waals surface area contributed by atoms with Gasteiger partial charge in [-0.25, -0.2) is 9.78 Å². The van der Waals surface area contributed by atoms with Crippen molar-refractivity contribution >= 4 is 29.3 Å². The lowest BCUT2D eigenvalue weighted by molar-refractivity contribution is -0.153. The van der Waals surface area contributed by atoms with Crippen LogP contribution < -0.4 is 15.5 Å². The Morgan fingerprint density at radius 2 is 1.67 bits per heavy atom. The number of hydrogen-bond acceptors (Lipinski definition) is 7. The number of halogens is 3. The Hall–Kier alpha value is -4.55. The van der Waals surface area contributed by atoms with Gasteiger partial charge >= 0.3 is 18.2 Å². The number of alkyl halides is 3. The van der Waals surface area contributed by atoms with Gasteiger partial charge in [0.1, 0.15) is 0 Å². The van der Waals surface area contributed by atoms with E-state index in [1.165, 1.54) is 19.2 Å². The Morgan fingerprint density at radius 3 is 2.31 bits per heavy atom. The van der Waals surface area contributed by atoms with Gasteiger partial charge in [-0.1, -0.05) is 24.6 Å². The van der Waals surface area contributed by atoms with Gasteiger partial charge < -0.3 is 29.6 Å². The van der Waals surface area contributed by atoms with Gasteiger partial charge in [-0.3, -0.25) is 9.59 Å². The van der Waals surface area contributed by atoms with E-state index in [1.807, 2.05) is 0 Å². The van der Waals surface area contributed by atoms with Crippen LogP contribution in [0.4, 0.5) is 29.3 Å². The molecule has 1 aliphatic heterocycles. The highest BCUT2D eigenvalue weighted by molar-refractivity contribution is 6.04. The third-order valence-electron chi connectivity index (χ3n) is 7.51. The summed E-state index contributed by atoms with van der Waals surface area (Å²) in [4.78, 5) is 45.2. The number of carbonyl (C=O) groups is 3. The molecule has 10 nitrogen and oxygen atoms in total. The first-order valence-corrected chi connectivity index (χ1v) is 13.6. The maximum atomic E-state index is 13.6. The number of nitrogens with zero attached hydrogens (tertiary/aromatic N) is 3. The Labute approximate surface area is 239 Å². The van der Waals surface area contributed by atoms with E-state index in [9.17, 15) is 27.6 Å². The number of anilines is 2. The van der Waals surface area contributed by atoms with Gasteiger partial charge in [-0.2, -0.15) is 13.2 Å². The number of oxazole rings is 1. The number of hydrogen-bond donors (Lipinski definition) is 2. The summed E-state index contributed by atoms with van der Waals surface area (Å²) in [6, 6.07) is 14.2. The molecular formula is C29H30F3N5O5. The van der Waals surface area contributed by atoms with E-state index in [0.29, 0.717) is 38.2 Å². The molecule has 2 atom stereocenters. The van der Waals surface area contributed by atoms with Crippen LogP contribution in [0.5, 0.6) is 0 Å². The smallest absolute Gasteiger partial charge is 0.452 e. The van der Waals surface area contributed by atoms with Crippen LogP contribution >= 0.6 is 0 Å². The van der Waals surface area contributed by atoms with Crippen molar-refractivity contribution in [3.63, 3.8) is 0 Å². The van der Waals surface area contributed by atoms with Crippen LogP contribution in [0, 0.1) is 5.92 Å². The maximum Gasteiger partial charge on any atom is 0.452 e. The van der Waals surface area contributed by atoms with Crippen molar-refractivity contribution in [1.82, 2.24) is 15.2 Å². The Bertz CT molecular complexity index is 1420. The molecule has 13 heteroatoms. The minimum atomic E-state index is -4.91. The standard InChI is InChI=1S/C29H30F3N5O5/c1-41-27(39)21-8-5-9-22(21)34-28(40)37-16-14-36(15-17-37)20-12-10-19(11-13-20)33-25(38)23-24(29(30,31)32)42-26(35-23)18-6-3-2-4-7-18/h2-4,6-7,10-13,21-22H,5,8-9,14-17H2,1H3,(H,33,38)(H,34,40). The van der Waals surface area contributed by atoms with Crippen LogP contribution in [0.3, 0.4) is 0 Å². The lowest BCUT2D eigenvalue weighted by Crippen LogP contribution is -2.54. The van der Waals surface area contributed by atoms with Crippen molar-refractivity contribution in [2.45, 2.75) is 31.5 Å². The highest BCUT2D eigenvalue weighted by Gasteiger charge is 2.42. The normalized spacial score (nSPS) is 19.0. The van der Waals surface area contributed by atoms with Crippen molar-refractivity contribution in [2.75, 3.05) is 43.5 Å². The first-order chi connectivity index (χ1) is 20.1. The number of amides is 3. The fraction of sp³-hybridized carbons (Fsp3) is 0.379. The number of methoxy groups -OCH3 is 1. The summed E-state index contributed by atoms with van der Waals surface area (Å²) >= 11 is 0. The molecule has 2 N–H and O–H groups in total. The molecule has 42 heavy (non-hydrogen) atoms. The second-order valence-corrected chi connectivity index (χ2v) is 10.2. The van der Waals surface area contributed by atoms with Crippen molar-refractivity contribution in [3.8, 4) is 11.5 Å². The van der Waals surface area contributed by atoms with Gasteiger partial charge in [0, 0.05) is 49.2 Å². The van der Waals surface area contributed by atoms with Gasteiger partial charge in [-0.15, -0.1) is 0 Å². The van der Waals surface area contributed by atoms with Crippen molar-refractivity contribution < 1.29 is 36.7 Å². The lowest BCUT2D eigenvalue weighted by Gasteiger charge is -2.37. The molecule has 2 unspecified atom stereocenters. The number of carbonyl (C=O) groups excluding carboxylic acids is 3. The zero-order chi connectivity index (χ0) is 29.9. The Morgan fingerprint density at radius 1 is 0.976 bits per heavy atom. The second-order valence-electron chi connectivity index (χ2n) is 10.2. The van der Waals surface area contributed by atoms with Crippen LogP contribution in [0.2, 0.25) is 0 Å². The first kappa shape index (κ1) is 29.0. The van der Waals surface area contributed by atoms with Crippen LogP contribution in [0.25, 0.3) is 11.5 Å². The van der Waals surface area contributed by atoms with E-state index >= 15 is 0 Å². The first-order valence-electron chi connectivity index (χ1n) is 13.6. The van der Waals surface area contributed by atoms with Crippen molar-refractivity contribution in [1.29, 1.82) is 0 Å². The predicted octanol–water partition coefficient (Wildman–Crippen LogP) is 4.79. The van der Waals surface area contributed by atoms with Gasteiger partial charge in [0.25, 0.3) is 5.91 Å². The summed E-state index contributed by atoms with van der Waals surface area (Å²) in [7, 11) is 1.35. The van der Waals surface area contributed by atoms with Gasteiger partial charge in [-0.05, 0) is 49.2 Å². The van der Waals surface area contributed by atoms with Crippen molar-refractivity contribution in [3.05, 3.63) is 66.1 Å². The maximum absolute atomic E-state index is 13.6. The van der Waals surface area contributed by atoms with Crippen LogP contribution in [0.15, 0.2) is 59.0 Å². The fourth-order valence-electron chi connectivity index (χ4n) is 5.30. The minimum absolute atomic E-state index is 0.213. The molecule has 1 aromatic heterocycles.